The molecule has 0 atom stereocenters. The van der Waals surface area contributed by atoms with E-state index in [-0.39, 0.29) is 5.91 Å². The average Bonchev–Trinajstić information content (AvgIpc) is 3.03. The first-order valence-corrected chi connectivity index (χ1v) is 8.83. The summed E-state index contributed by atoms with van der Waals surface area (Å²) >= 11 is 5.96. The van der Waals surface area contributed by atoms with Crippen molar-refractivity contribution >= 4 is 17.5 Å². The maximum Gasteiger partial charge on any atom is 0.274 e. The molecule has 1 aromatic carbocycles. The topological polar surface area (TPSA) is 61.5 Å². The molecule has 7 heteroatoms. The predicted octanol–water partition coefficient (Wildman–Crippen LogP) is 2.52. The zero-order valence-corrected chi connectivity index (χ0v) is 15.3. The normalized spacial score (nSPS) is 15.4. The van der Waals surface area contributed by atoms with Crippen LogP contribution in [0.25, 0.3) is 0 Å². The molecule has 1 saturated heterocycles. The van der Waals surface area contributed by atoms with E-state index in [1.54, 1.807) is 6.33 Å². The smallest absolute Gasteiger partial charge is 0.274 e. The van der Waals surface area contributed by atoms with Gasteiger partial charge in [-0.2, -0.15) is 0 Å². The second-order valence-electron chi connectivity index (χ2n) is 6.27. The highest BCUT2D eigenvalue weighted by Gasteiger charge is 2.24. The number of ether oxygens (including phenoxy) is 1. The van der Waals surface area contributed by atoms with Crippen molar-refractivity contribution in [2.24, 2.45) is 0 Å². The molecule has 1 N–H and O–H groups in total. The Bertz CT molecular complexity index is 738. The van der Waals surface area contributed by atoms with Crippen LogP contribution in [0.2, 0.25) is 5.02 Å². The lowest BCUT2D eigenvalue weighted by Crippen LogP contribution is -2.49. The highest BCUT2D eigenvalue weighted by atomic mass is 35.5. The molecule has 1 fully saturated rings. The fourth-order valence-electron chi connectivity index (χ4n) is 2.96. The van der Waals surface area contributed by atoms with Crippen molar-refractivity contribution in [1.29, 1.82) is 0 Å². The summed E-state index contributed by atoms with van der Waals surface area (Å²) in [5.74, 6) is 0.874. The Labute approximate surface area is 152 Å². The second kappa shape index (κ2) is 7.89. The van der Waals surface area contributed by atoms with Gasteiger partial charge in [0.15, 0.2) is 0 Å². The van der Waals surface area contributed by atoms with E-state index in [0.29, 0.717) is 25.4 Å². The molecule has 2 aromatic rings. The van der Waals surface area contributed by atoms with Gasteiger partial charge in [0, 0.05) is 43.4 Å². The van der Waals surface area contributed by atoms with Gasteiger partial charge in [0.2, 0.25) is 0 Å². The lowest BCUT2D eigenvalue weighted by molar-refractivity contribution is 0.0614. The minimum Gasteiger partial charge on any atom is -0.492 e. The molecule has 6 nitrogen and oxygen atoms in total. The van der Waals surface area contributed by atoms with E-state index in [1.807, 2.05) is 36.9 Å². The lowest BCUT2D eigenvalue weighted by Gasteiger charge is -2.34. The maximum atomic E-state index is 12.4. The number of H-pyrrole nitrogens is 1. The van der Waals surface area contributed by atoms with Crippen LogP contribution in [0.5, 0.6) is 5.75 Å². The zero-order valence-electron chi connectivity index (χ0n) is 14.6. The minimum atomic E-state index is 0.00596. The molecule has 0 spiro atoms. The number of hydrogen-bond donors (Lipinski definition) is 1. The standard InChI is InChI=1S/C18H23ClN4O2/c1-13-11-15(19)3-4-16(13)25-10-9-22-5-7-23(8-6-22)18(24)17-14(2)20-12-21-17/h3-4,11-12H,5-10H2,1-2H3,(H,20,21). The first-order chi connectivity index (χ1) is 12.0. The van der Waals surface area contributed by atoms with Gasteiger partial charge in [-0.25, -0.2) is 4.98 Å². The molecule has 0 bridgehead atoms. The third-order valence-electron chi connectivity index (χ3n) is 4.49. The monoisotopic (exact) mass is 362 g/mol. The Morgan fingerprint density at radius 3 is 2.68 bits per heavy atom. The number of imidazole rings is 1. The van der Waals surface area contributed by atoms with E-state index >= 15 is 0 Å². The van der Waals surface area contributed by atoms with Crippen molar-refractivity contribution in [3.8, 4) is 5.75 Å². The third-order valence-corrected chi connectivity index (χ3v) is 4.73. The number of hydrogen-bond acceptors (Lipinski definition) is 4. The van der Waals surface area contributed by atoms with Crippen molar-refractivity contribution in [3.05, 3.63) is 46.5 Å². The van der Waals surface area contributed by atoms with Gasteiger partial charge in [0.1, 0.15) is 18.1 Å². The van der Waals surface area contributed by atoms with Gasteiger partial charge in [0.25, 0.3) is 5.91 Å². The quantitative estimate of drug-likeness (QED) is 0.887. The summed E-state index contributed by atoms with van der Waals surface area (Å²) in [6.07, 6.45) is 1.56. The van der Waals surface area contributed by atoms with E-state index in [0.717, 1.165) is 41.7 Å². The number of aryl methyl sites for hydroxylation is 2. The van der Waals surface area contributed by atoms with Crippen LogP contribution in [-0.2, 0) is 0 Å². The molecule has 1 amide bonds. The number of nitrogens with zero attached hydrogens (tertiary/aromatic N) is 3. The number of amides is 1. The molecular formula is C18H23ClN4O2. The molecule has 134 valence electrons. The summed E-state index contributed by atoms with van der Waals surface area (Å²) < 4.78 is 5.85. The van der Waals surface area contributed by atoms with Gasteiger partial charge < -0.3 is 14.6 Å². The molecule has 0 aliphatic carbocycles. The van der Waals surface area contributed by atoms with Crippen LogP contribution < -0.4 is 4.74 Å². The number of halogens is 1. The predicted molar refractivity (Wildman–Crippen MR) is 97.4 cm³/mol. The number of aromatic amines is 1. The number of nitrogens with one attached hydrogen (secondary N) is 1. The van der Waals surface area contributed by atoms with Crippen LogP contribution in [-0.4, -0.2) is 65.0 Å². The molecule has 25 heavy (non-hydrogen) atoms. The fraction of sp³-hybridized carbons (Fsp3) is 0.444. The van der Waals surface area contributed by atoms with Gasteiger partial charge in [-0.15, -0.1) is 0 Å². The van der Waals surface area contributed by atoms with Crippen LogP contribution in [0, 0.1) is 13.8 Å². The molecule has 1 aliphatic rings. The van der Waals surface area contributed by atoms with E-state index in [1.165, 1.54) is 0 Å². The summed E-state index contributed by atoms with van der Waals surface area (Å²) in [7, 11) is 0. The summed E-state index contributed by atoms with van der Waals surface area (Å²) in [5.41, 5.74) is 2.38. The van der Waals surface area contributed by atoms with Crippen LogP contribution in [0.15, 0.2) is 24.5 Å². The summed E-state index contributed by atoms with van der Waals surface area (Å²) in [4.78, 5) is 23.7. The molecule has 3 rings (SSSR count). The molecule has 0 unspecified atom stereocenters. The minimum absolute atomic E-state index is 0.00596. The van der Waals surface area contributed by atoms with E-state index in [9.17, 15) is 4.79 Å². The highest BCUT2D eigenvalue weighted by Crippen LogP contribution is 2.21. The summed E-state index contributed by atoms with van der Waals surface area (Å²) in [5, 5.41) is 0.720. The summed E-state index contributed by atoms with van der Waals surface area (Å²) in [6, 6.07) is 5.64. The van der Waals surface area contributed by atoms with Crippen molar-refractivity contribution in [1.82, 2.24) is 19.8 Å². The number of carbonyl (C=O) groups is 1. The van der Waals surface area contributed by atoms with Gasteiger partial charge in [-0.05, 0) is 37.6 Å². The number of benzene rings is 1. The van der Waals surface area contributed by atoms with Crippen molar-refractivity contribution in [3.63, 3.8) is 0 Å². The molecule has 1 aliphatic heterocycles. The van der Waals surface area contributed by atoms with Crippen LogP contribution >= 0.6 is 11.6 Å². The number of carbonyl (C=O) groups excluding carboxylic acids is 1. The van der Waals surface area contributed by atoms with Crippen LogP contribution in [0.1, 0.15) is 21.7 Å². The second-order valence-corrected chi connectivity index (χ2v) is 6.70. The van der Waals surface area contributed by atoms with Gasteiger partial charge in [-0.3, -0.25) is 9.69 Å². The highest BCUT2D eigenvalue weighted by molar-refractivity contribution is 6.30. The average molecular weight is 363 g/mol. The Hall–Kier alpha value is -2.05. The number of rotatable bonds is 5. The molecule has 0 saturated carbocycles. The van der Waals surface area contributed by atoms with E-state index in [4.69, 9.17) is 16.3 Å². The molecule has 2 heterocycles. The van der Waals surface area contributed by atoms with E-state index < -0.39 is 0 Å². The third kappa shape index (κ3) is 4.32. The Morgan fingerprint density at radius 2 is 2.04 bits per heavy atom. The Kier molecular flexibility index (Phi) is 5.60. The molecule has 1 aromatic heterocycles. The van der Waals surface area contributed by atoms with Gasteiger partial charge >= 0.3 is 0 Å². The molecular weight excluding hydrogens is 340 g/mol. The SMILES string of the molecule is Cc1cc(Cl)ccc1OCCN1CCN(C(=O)c2nc[nH]c2C)CC1. The van der Waals surface area contributed by atoms with Gasteiger partial charge in [0.05, 0.1) is 6.33 Å². The largest absolute Gasteiger partial charge is 0.492 e. The zero-order chi connectivity index (χ0) is 17.8. The van der Waals surface area contributed by atoms with Crippen molar-refractivity contribution in [2.45, 2.75) is 13.8 Å². The maximum absolute atomic E-state index is 12.4. The van der Waals surface area contributed by atoms with E-state index in [2.05, 4.69) is 14.9 Å². The Balaban J connectivity index is 1.43. The summed E-state index contributed by atoms with van der Waals surface area (Å²) in [6.45, 7) is 8.43. The number of aromatic nitrogens is 2. The van der Waals surface area contributed by atoms with Crippen LogP contribution in [0.4, 0.5) is 0 Å². The van der Waals surface area contributed by atoms with Gasteiger partial charge in [-0.1, -0.05) is 11.6 Å². The van der Waals surface area contributed by atoms with Crippen molar-refractivity contribution in [2.75, 3.05) is 39.3 Å². The number of piperazine rings is 1. The molecule has 0 radical (unpaired) electrons. The fourth-order valence-corrected chi connectivity index (χ4v) is 3.18. The Morgan fingerprint density at radius 1 is 1.28 bits per heavy atom. The van der Waals surface area contributed by atoms with Crippen LogP contribution in [0.3, 0.4) is 0 Å². The first-order valence-electron chi connectivity index (χ1n) is 8.45. The van der Waals surface area contributed by atoms with Crippen molar-refractivity contribution < 1.29 is 9.53 Å². The lowest BCUT2D eigenvalue weighted by atomic mass is 10.2. The first kappa shape index (κ1) is 17.8.